The standard InChI is InChI=1S/C28H33N3O2S/c1-18-9-11-23(12-10-18)27-30-21(4)25(34-27)28(33)31-15-13-22(14-16-31)20(3)26(32)29-17-24-8-6-5-7-19(24)2/h5-12,20,22H,13-17H2,1-4H3,(H,29,32)/t20-/m1/s1. The molecule has 0 spiro atoms. The number of rotatable bonds is 6. The van der Waals surface area contributed by atoms with Crippen molar-refractivity contribution in [1.82, 2.24) is 15.2 Å². The fraction of sp³-hybridized carbons (Fsp3) is 0.393. The second kappa shape index (κ2) is 10.5. The van der Waals surface area contributed by atoms with Gasteiger partial charge in [-0.05, 0) is 50.7 Å². The van der Waals surface area contributed by atoms with Crippen molar-refractivity contribution in [2.45, 2.75) is 47.1 Å². The van der Waals surface area contributed by atoms with Gasteiger partial charge < -0.3 is 10.2 Å². The number of nitrogens with zero attached hydrogens (tertiary/aromatic N) is 2. The van der Waals surface area contributed by atoms with E-state index in [1.54, 1.807) is 0 Å². The molecule has 0 unspecified atom stereocenters. The van der Waals surface area contributed by atoms with Crippen molar-refractivity contribution in [3.8, 4) is 10.6 Å². The van der Waals surface area contributed by atoms with Crippen LogP contribution in [0.2, 0.25) is 0 Å². The Kier molecular flexibility index (Phi) is 7.47. The molecule has 178 valence electrons. The van der Waals surface area contributed by atoms with Gasteiger partial charge in [0, 0.05) is 31.1 Å². The van der Waals surface area contributed by atoms with Crippen molar-refractivity contribution in [2.24, 2.45) is 11.8 Å². The first-order valence-corrected chi connectivity index (χ1v) is 12.8. The number of hydrogen-bond acceptors (Lipinski definition) is 4. The molecule has 6 heteroatoms. The van der Waals surface area contributed by atoms with Crippen LogP contribution in [0.3, 0.4) is 0 Å². The SMILES string of the molecule is Cc1ccc(-c2nc(C)c(C(=O)N3CCC([C@@H](C)C(=O)NCc4ccccc4C)CC3)s2)cc1. The summed E-state index contributed by atoms with van der Waals surface area (Å²) in [6.45, 7) is 9.95. The minimum atomic E-state index is -0.0699. The summed E-state index contributed by atoms with van der Waals surface area (Å²) in [5, 5.41) is 3.98. The molecule has 0 radical (unpaired) electrons. The van der Waals surface area contributed by atoms with E-state index in [-0.39, 0.29) is 23.7 Å². The van der Waals surface area contributed by atoms with Gasteiger partial charge in [0.25, 0.3) is 5.91 Å². The quantitative estimate of drug-likeness (QED) is 0.509. The Morgan fingerprint density at radius 3 is 2.41 bits per heavy atom. The van der Waals surface area contributed by atoms with Gasteiger partial charge in [-0.3, -0.25) is 9.59 Å². The van der Waals surface area contributed by atoms with Crippen LogP contribution in [-0.4, -0.2) is 34.8 Å². The molecule has 0 saturated carbocycles. The van der Waals surface area contributed by atoms with Gasteiger partial charge in [-0.15, -0.1) is 11.3 Å². The van der Waals surface area contributed by atoms with Gasteiger partial charge in [0.1, 0.15) is 9.88 Å². The molecule has 1 aliphatic rings. The van der Waals surface area contributed by atoms with Crippen LogP contribution in [-0.2, 0) is 11.3 Å². The third kappa shape index (κ3) is 5.39. The molecule has 2 amide bonds. The largest absolute Gasteiger partial charge is 0.352 e. The van der Waals surface area contributed by atoms with Gasteiger partial charge in [-0.2, -0.15) is 0 Å². The van der Waals surface area contributed by atoms with E-state index >= 15 is 0 Å². The number of hydrogen-bond donors (Lipinski definition) is 1. The van der Waals surface area contributed by atoms with Crippen LogP contribution in [0.5, 0.6) is 0 Å². The predicted molar refractivity (Wildman–Crippen MR) is 138 cm³/mol. The monoisotopic (exact) mass is 475 g/mol. The molecule has 1 aliphatic heterocycles. The van der Waals surface area contributed by atoms with Crippen molar-refractivity contribution in [3.63, 3.8) is 0 Å². The summed E-state index contributed by atoms with van der Waals surface area (Å²) in [5.41, 5.74) is 5.37. The summed E-state index contributed by atoms with van der Waals surface area (Å²) >= 11 is 1.47. The van der Waals surface area contributed by atoms with Crippen LogP contribution < -0.4 is 5.32 Å². The maximum atomic E-state index is 13.2. The highest BCUT2D eigenvalue weighted by molar-refractivity contribution is 7.17. The summed E-state index contributed by atoms with van der Waals surface area (Å²) in [6.07, 6.45) is 1.68. The van der Waals surface area contributed by atoms with E-state index in [9.17, 15) is 9.59 Å². The zero-order valence-corrected chi connectivity index (χ0v) is 21.2. The van der Waals surface area contributed by atoms with Gasteiger partial charge in [0.15, 0.2) is 0 Å². The van der Waals surface area contributed by atoms with Crippen LogP contribution in [0.15, 0.2) is 48.5 Å². The third-order valence-corrected chi connectivity index (χ3v) is 8.15. The van der Waals surface area contributed by atoms with Gasteiger partial charge in [-0.25, -0.2) is 4.98 Å². The molecule has 1 aromatic heterocycles. The molecular formula is C28H33N3O2S. The van der Waals surface area contributed by atoms with Gasteiger partial charge in [-0.1, -0.05) is 61.0 Å². The number of nitrogens with one attached hydrogen (secondary N) is 1. The van der Waals surface area contributed by atoms with E-state index in [4.69, 9.17) is 0 Å². The van der Waals surface area contributed by atoms with Crippen molar-refractivity contribution >= 4 is 23.2 Å². The normalized spacial score (nSPS) is 15.2. The number of aromatic nitrogens is 1. The van der Waals surface area contributed by atoms with Gasteiger partial charge in [0.05, 0.1) is 5.69 Å². The van der Waals surface area contributed by atoms with E-state index < -0.39 is 0 Å². The molecule has 3 aromatic rings. The zero-order chi connectivity index (χ0) is 24.2. The summed E-state index contributed by atoms with van der Waals surface area (Å²) in [6, 6.07) is 16.4. The summed E-state index contributed by atoms with van der Waals surface area (Å²) in [4.78, 5) is 33.3. The maximum Gasteiger partial charge on any atom is 0.265 e. The average Bonchev–Trinajstić information content (AvgIpc) is 3.24. The van der Waals surface area contributed by atoms with Crippen LogP contribution in [0.4, 0.5) is 0 Å². The molecule has 1 fully saturated rings. The lowest BCUT2D eigenvalue weighted by atomic mass is 9.84. The topological polar surface area (TPSA) is 62.3 Å². The van der Waals surface area contributed by atoms with Crippen LogP contribution in [0, 0.1) is 32.6 Å². The summed E-state index contributed by atoms with van der Waals surface area (Å²) in [5.74, 6) is 0.365. The lowest BCUT2D eigenvalue weighted by Gasteiger charge is -2.34. The van der Waals surface area contributed by atoms with E-state index in [1.807, 2.05) is 30.9 Å². The van der Waals surface area contributed by atoms with E-state index in [0.717, 1.165) is 39.5 Å². The molecular weight excluding hydrogens is 442 g/mol. The van der Waals surface area contributed by atoms with E-state index in [0.29, 0.717) is 19.6 Å². The lowest BCUT2D eigenvalue weighted by Crippen LogP contribution is -2.42. The minimum Gasteiger partial charge on any atom is -0.352 e. The predicted octanol–water partition coefficient (Wildman–Crippen LogP) is 5.54. The second-order valence-electron chi connectivity index (χ2n) is 9.36. The molecule has 1 N–H and O–H groups in total. The van der Waals surface area contributed by atoms with Crippen LogP contribution >= 0.6 is 11.3 Å². The smallest absolute Gasteiger partial charge is 0.265 e. The van der Waals surface area contributed by atoms with Crippen LogP contribution in [0.1, 0.15) is 51.8 Å². The first-order valence-electron chi connectivity index (χ1n) is 12.0. The first-order chi connectivity index (χ1) is 16.3. The number of carbonyl (C=O) groups excluding carboxylic acids is 2. The Bertz CT molecular complexity index is 1160. The highest BCUT2D eigenvalue weighted by atomic mass is 32.1. The highest BCUT2D eigenvalue weighted by Gasteiger charge is 2.31. The fourth-order valence-corrected chi connectivity index (χ4v) is 5.57. The van der Waals surface area contributed by atoms with Crippen LogP contribution in [0.25, 0.3) is 10.6 Å². The number of aryl methyl sites for hydroxylation is 3. The Morgan fingerprint density at radius 1 is 1.06 bits per heavy atom. The van der Waals surface area contributed by atoms with Crippen molar-refractivity contribution in [1.29, 1.82) is 0 Å². The summed E-state index contributed by atoms with van der Waals surface area (Å²) < 4.78 is 0. The van der Waals surface area contributed by atoms with Crippen molar-refractivity contribution in [2.75, 3.05) is 13.1 Å². The number of piperidine rings is 1. The molecule has 0 aliphatic carbocycles. The number of amides is 2. The molecule has 5 nitrogen and oxygen atoms in total. The molecule has 1 saturated heterocycles. The van der Waals surface area contributed by atoms with E-state index in [2.05, 4.69) is 60.5 Å². The van der Waals surface area contributed by atoms with E-state index in [1.165, 1.54) is 22.5 Å². The second-order valence-corrected chi connectivity index (χ2v) is 10.4. The average molecular weight is 476 g/mol. The molecule has 2 heterocycles. The van der Waals surface area contributed by atoms with Crippen molar-refractivity contribution < 1.29 is 9.59 Å². The number of likely N-dealkylation sites (tertiary alicyclic amines) is 1. The molecule has 4 rings (SSSR count). The lowest BCUT2D eigenvalue weighted by molar-refractivity contribution is -0.126. The number of benzene rings is 2. The van der Waals surface area contributed by atoms with Gasteiger partial charge >= 0.3 is 0 Å². The minimum absolute atomic E-state index is 0.0588. The maximum absolute atomic E-state index is 13.2. The van der Waals surface area contributed by atoms with Crippen molar-refractivity contribution in [3.05, 3.63) is 75.8 Å². The highest BCUT2D eigenvalue weighted by Crippen LogP contribution is 2.31. The molecule has 0 bridgehead atoms. The molecule has 1 atom stereocenters. The number of thiazole rings is 1. The Morgan fingerprint density at radius 2 is 1.74 bits per heavy atom. The Balaban J connectivity index is 1.32. The molecule has 2 aromatic carbocycles. The summed E-state index contributed by atoms with van der Waals surface area (Å²) in [7, 11) is 0. The Hall–Kier alpha value is -2.99. The van der Waals surface area contributed by atoms with Gasteiger partial charge in [0.2, 0.25) is 5.91 Å². The number of carbonyl (C=O) groups is 2. The fourth-order valence-electron chi connectivity index (χ4n) is 4.53. The first kappa shape index (κ1) is 24.1. The Labute approximate surface area is 206 Å². The zero-order valence-electron chi connectivity index (χ0n) is 20.4. The molecule has 34 heavy (non-hydrogen) atoms. The third-order valence-electron chi connectivity index (χ3n) is 6.95.